The zero-order valence-corrected chi connectivity index (χ0v) is 13.3. The second-order valence-corrected chi connectivity index (χ2v) is 5.73. The van der Waals surface area contributed by atoms with E-state index in [1.807, 2.05) is 11.7 Å². The predicted molar refractivity (Wildman–Crippen MR) is 85.6 cm³/mol. The number of hydrogen-bond donors (Lipinski definition) is 1. The first-order chi connectivity index (χ1) is 11.5. The molecule has 2 aromatic rings. The highest BCUT2D eigenvalue weighted by molar-refractivity contribution is 5.78. The van der Waals surface area contributed by atoms with Crippen molar-refractivity contribution in [2.24, 2.45) is 7.05 Å². The number of nitro groups is 1. The van der Waals surface area contributed by atoms with E-state index in [4.69, 9.17) is 4.74 Å². The van der Waals surface area contributed by atoms with Crippen LogP contribution in [0.3, 0.4) is 0 Å². The highest BCUT2D eigenvalue weighted by Crippen LogP contribution is 2.29. The van der Waals surface area contributed by atoms with Crippen molar-refractivity contribution in [1.29, 1.82) is 0 Å². The molecule has 1 aromatic heterocycles. The molecule has 0 unspecified atom stereocenters. The number of ether oxygens (including phenoxy) is 1. The predicted octanol–water partition coefficient (Wildman–Crippen LogP) is 1.90. The fourth-order valence-electron chi connectivity index (χ4n) is 2.93. The number of aryl methyl sites for hydroxylation is 1. The molecule has 8 heteroatoms. The van der Waals surface area contributed by atoms with Crippen LogP contribution in [0.1, 0.15) is 30.1 Å². The smallest absolute Gasteiger partial charge is 0.273 e. The standard InChI is InChI=1S/C16H18N4O4/c1-19-15-7-3-6-14(13(15)9-17-19)18-16(21)10-24-12-5-2-4-11(8-12)20(22)23/h2,4-5,8-9,14H,3,6-7,10H2,1H3,(H,18,21)/t14-/m1/s1. The summed E-state index contributed by atoms with van der Waals surface area (Å²) in [5, 5.41) is 17.9. The first kappa shape index (κ1) is 16.0. The Morgan fingerprint density at radius 1 is 1.54 bits per heavy atom. The second kappa shape index (κ2) is 6.69. The van der Waals surface area contributed by atoms with E-state index < -0.39 is 4.92 Å². The van der Waals surface area contributed by atoms with Gasteiger partial charge in [0.15, 0.2) is 6.61 Å². The van der Waals surface area contributed by atoms with Gasteiger partial charge in [-0.15, -0.1) is 0 Å². The molecular weight excluding hydrogens is 312 g/mol. The molecule has 1 aliphatic rings. The number of nitrogens with zero attached hydrogens (tertiary/aromatic N) is 3. The number of aromatic nitrogens is 2. The minimum atomic E-state index is -0.501. The summed E-state index contributed by atoms with van der Waals surface area (Å²) in [7, 11) is 1.90. The monoisotopic (exact) mass is 330 g/mol. The highest BCUT2D eigenvalue weighted by Gasteiger charge is 2.24. The Bertz CT molecular complexity index is 771. The maximum absolute atomic E-state index is 12.1. The van der Waals surface area contributed by atoms with E-state index in [9.17, 15) is 14.9 Å². The van der Waals surface area contributed by atoms with Crippen LogP contribution in [-0.2, 0) is 18.3 Å². The van der Waals surface area contributed by atoms with Crippen molar-refractivity contribution in [3.05, 3.63) is 51.8 Å². The van der Waals surface area contributed by atoms with Crippen molar-refractivity contribution < 1.29 is 14.5 Å². The number of nitro benzene ring substituents is 1. The van der Waals surface area contributed by atoms with Crippen molar-refractivity contribution in [3.8, 4) is 5.75 Å². The minimum Gasteiger partial charge on any atom is -0.484 e. The van der Waals surface area contributed by atoms with E-state index in [1.54, 1.807) is 12.3 Å². The average Bonchev–Trinajstić information content (AvgIpc) is 2.96. The van der Waals surface area contributed by atoms with Crippen LogP contribution in [-0.4, -0.2) is 27.2 Å². The number of nitrogens with one attached hydrogen (secondary N) is 1. The Kier molecular flexibility index (Phi) is 4.45. The van der Waals surface area contributed by atoms with Gasteiger partial charge in [0.2, 0.25) is 0 Å². The number of fused-ring (bicyclic) bond motifs is 1. The van der Waals surface area contributed by atoms with Crippen LogP contribution >= 0.6 is 0 Å². The van der Waals surface area contributed by atoms with Crippen molar-refractivity contribution in [2.45, 2.75) is 25.3 Å². The van der Waals surface area contributed by atoms with Crippen LogP contribution in [0.15, 0.2) is 30.5 Å². The fraction of sp³-hybridized carbons (Fsp3) is 0.375. The summed E-state index contributed by atoms with van der Waals surface area (Å²) in [5.41, 5.74) is 2.12. The number of carbonyl (C=O) groups is 1. The van der Waals surface area contributed by atoms with Crippen molar-refractivity contribution in [2.75, 3.05) is 6.61 Å². The number of rotatable bonds is 5. The number of benzene rings is 1. The second-order valence-electron chi connectivity index (χ2n) is 5.73. The molecule has 0 fully saturated rings. The molecule has 0 saturated heterocycles. The largest absolute Gasteiger partial charge is 0.484 e. The number of non-ortho nitro benzene ring substituents is 1. The Morgan fingerprint density at radius 2 is 2.38 bits per heavy atom. The third kappa shape index (κ3) is 3.37. The molecule has 24 heavy (non-hydrogen) atoms. The Labute approximate surface area is 138 Å². The lowest BCUT2D eigenvalue weighted by Gasteiger charge is -2.23. The molecule has 0 radical (unpaired) electrons. The summed E-state index contributed by atoms with van der Waals surface area (Å²) in [6.07, 6.45) is 4.60. The molecule has 1 aromatic carbocycles. The maximum atomic E-state index is 12.1. The van der Waals surface area contributed by atoms with Gasteiger partial charge in [-0.25, -0.2) is 0 Å². The number of amides is 1. The topological polar surface area (TPSA) is 99.3 Å². The van der Waals surface area contributed by atoms with Crippen molar-refractivity contribution in [3.63, 3.8) is 0 Å². The molecule has 1 atom stereocenters. The van der Waals surface area contributed by atoms with Gasteiger partial charge in [0, 0.05) is 24.4 Å². The van der Waals surface area contributed by atoms with Gasteiger partial charge in [0.25, 0.3) is 11.6 Å². The van der Waals surface area contributed by atoms with Gasteiger partial charge in [-0.2, -0.15) is 5.10 Å². The lowest BCUT2D eigenvalue weighted by Crippen LogP contribution is -2.34. The summed E-state index contributed by atoms with van der Waals surface area (Å²) in [6.45, 7) is -0.187. The van der Waals surface area contributed by atoms with Crippen LogP contribution in [0.2, 0.25) is 0 Å². The van der Waals surface area contributed by atoms with Gasteiger partial charge in [0.05, 0.1) is 23.2 Å². The Balaban J connectivity index is 1.59. The van der Waals surface area contributed by atoms with Crippen LogP contribution in [0.4, 0.5) is 5.69 Å². The van der Waals surface area contributed by atoms with E-state index in [1.165, 1.54) is 18.2 Å². The molecule has 0 bridgehead atoms. The summed E-state index contributed by atoms with van der Waals surface area (Å²) in [4.78, 5) is 22.4. The number of hydrogen-bond acceptors (Lipinski definition) is 5. The molecule has 1 heterocycles. The molecule has 126 valence electrons. The summed E-state index contributed by atoms with van der Waals surface area (Å²) >= 11 is 0. The van der Waals surface area contributed by atoms with Crippen LogP contribution < -0.4 is 10.1 Å². The summed E-state index contributed by atoms with van der Waals surface area (Å²) in [5.74, 6) is 0.0354. The quantitative estimate of drug-likeness (QED) is 0.667. The zero-order chi connectivity index (χ0) is 17.1. The van der Waals surface area contributed by atoms with Crippen LogP contribution in [0, 0.1) is 10.1 Å². The average molecular weight is 330 g/mol. The highest BCUT2D eigenvalue weighted by atomic mass is 16.6. The van der Waals surface area contributed by atoms with Gasteiger partial charge in [-0.1, -0.05) is 6.07 Å². The molecule has 0 spiro atoms. The van der Waals surface area contributed by atoms with Gasteiger partial charge in [0.1, 0.15) is 5.75 Å². The normalized spacial score (nSPS) is 16.3. The molecule has 1 amide bonds. The maximum Gasteiger partial charge on any atom is 0.273 e. The SMILES string of the molecule is Cn1ncc2c1CCC[C@H]2NC(=O)COc1cccc([N+](=O)[O-])c1. The zero-order valence-electron chi connectivity index (χ0n) is 13.3. The van der Waals surface area contributed by atoms with E-state index in [2.05, 4.69) is 10.4 Å². The van der Waals surface area contributed by atoms with Gasteiger partial charge in [-0.3, -0.25) is 19.6 Å². The molecular formula is C16H18N4O4. The Morgan fingerprint density at radius 3 is 3.17 bits per heavy atom. The minimum absolute atomic E-state index is 0.0661. The Hall–Kier alpha value is -2.90. The van der Waals surface area contributed by atoms with Gasteiger partial charge in [-0.05, 0) is 25.3 Å². The first-order valence-electron chi connectivity index (χ1n) is 7.72. The summed E-state index contributed by atoms with van der Waals surface area (Å²) < 4.78 is 7.20. The van der Waals surface area contributed by atoms with E-state index in [0.29, 0.717) is 5.75 Å². The molecule has 1 N–H and O–H groups in total. The first-order valence-corrected chi connectivity index (χ1v) is 7.72. The van der Waals surface area contributed by atoms with Crippen molar-refractivity contribution >= 4 is 11.6 Å². The molecule has 0 saturated carbocycles. The lowest BCUT2D eigenvalue weighted by atomic mass is 9.93. The van der Waals surface area contributed by atoms with E-state index in [0.717, 1.165) is 30.5 Å². The lowest BCUT2D eigenvalue weighted by molar-refractivity contribution is -0.384. The third-order valence-electron chi connectivity index (χ3n) is 4.11. The van der Waals surface area contributed by atoms with E-state index >= 15 is 0 Å². The fourth-order valence-corrected chi connectivity index (χ4v) is 2.93. The van der Waals surface area contributed by atoms with Crippen LogP contribution in [0.25, 0.3) is 0 Å². The molecule has 8 nitrogen and oxygen atoms in total. The van der Waals surface area contributed by atoms with Crippen molar-refractivity contribution in [1.82, 2.24) is 15.1 Å². The van der Waals surface area contributed by atoms with E-state index in [-0.39, 0.29) is 24.2 Å². The van der Waals surface area contributed by atoms with Gasteiger partial charge >= 0.3 is 0 Å². The number of carbonyl (C=O) groups excluding carboxylic acids is 1. The molecule has 1 aliphatic carbocycles. The van der Waals surface area contributed by atoms with Crippen LogP contribution in [0.5, 0.6) is 5.75 Å². The molecule has 0 aliphatic heterocycles. The third-order valence-corrected chi connectivity index (χ3v) is 4.11. The summed E-state index contributed by atoms with van der Waals surface area (Å²) in [6, 6.07) is 5.71. The van der Waals surface area contributed by atoms with Gasteiger partial charge < -0.3 is 10.1 Å². The molecule has 3 rings (SSSR count).